The third kappa shape index (κ3) is 1.09. The van der Waals surface area contributed by atoms with Crippen LogP contribution in [0.15, 0.2) is 12.1 Å². The zero-order chi connectivity index (χ0) is 7.68. The van der Waals surface area contributed by atoms with Crippen molar-refractivity contribution in [1.82, 2.24) is 0 Å². The van der Waals surface area contributed by atoms with Gasteiger partial charge in [0.25, 0.3) is 0 Å². The van der Waals surface area contributed by atoms with Crippen molar-refractivity contribution in [3.63, 3.8) is 0 Å². The van der Waals surface area contributed by atoms with E-state index in [1.54, 1.807) is 6.07 Å². The van der Waals surface area contributed by atoms with Crippen molar-refractivity contribution >= 4 is 0 Å². The van der Waals surface area contributed by atoms with E-state index in [0.717, 1.165) is 0 Å². The summed E-state index contributed by atoms with van der Waals surface area (Å²) in [5, 5.41) is 9.00. The van der Waals surface area contributed by atoms with E-state index in [-0.39, 0.29) is 5.75 Å². The predicted octanol–water partition coefficient (Wildman–Crippen LogP) is 0.964. The van der Waals surface area contributed by atoms with Crippen LogP contribution in [0.3, 0.4) is 0 Å². The van der Waals surface area contributed by atoms with Gasteiger partial charge in [-0.3, -0.25) is 0 Å². The van der Waals surface area contributed by atoms with Crippen molar-refractivity contribution in [3.8, 4) is 17.2 Å². The van der Waals surface area contributed by atoms with Gasteiger partial charge in [0.2, 0.25) is 0 Å². The number of fused-ring (bicyclic) bond motifs is 1. The van der Waals surface area contributed by atoms with Crippen LogP contribution in [-0.4, -0.2) is 18.3 Å². The largest absolute Gasteiger partial charge is 0.507 e. The van der Waals surface area contributed by atoms with Crippen molar-refractivity contribution < 1.29 is 14.6 Å². The highest BCUT2D eigenvalue weighted by molar-refractivity contribution is 5.44. The summed E-state index contributed by atoms with van der Waals surface area (Å²) in [5.74, 6) is 1.22. The van der Waals surface area contributed by atoms with Crippen LogP contribution < -0.4 is 9.47 Å². The summed E-state index contributed by atoms with van der Waals surface area (Å²) < 4.78 is 10.4. The molecule has 1 aliphatic heterocycles. The van der Waals surface area contributed by atoms with E-state index in [1.807, 2.05) is 0 Å². The molecule has 0 aromatic heterocycles. The summed E-state index contributed by atoms with van der Waals surface area (Å²) in [6.07, 6.45) is 0. The minimum Gasteiger partial charge on any atom is -0.507 e. The Labute approximate surface area is 64.2 Å². The van der Waals surface area contributed by atoms with Crippen LogP contribution in [0.1, 0.15) is 0 Å². The maximum Gasteiger partial charge on any atom is 0.173 e. The van der Waals surface area contributed by atoms with Gasteiger partial charge >= 0.3 is 0 Å². The van der Waals surface area contributed by atoms with Crippen LogP contribution >= 0.6 is 0 Å². The third-order valence-electron chi connectivity index (χ3n) is 1.45. The number of hydrogen-bond donors (Lipinski definition) is 1. The lowest BCUT2D eigenvalue weighted by molar-refractivity contribution is 0.170. The highest BCUT2D eigenvalue weighted by Gasteiger charge is 2.11. The fourth-order valence-electron chi connectivity index (χ4n) is 0.966. The molecule has 0 atom stereocenters. The second-order valence-electron chi connectivity index (χ2n) is 2.23. The number of rotatable bonds is 0. The maximum absolute atomic E-state index is 9.00. The van der Waals surface area contributed by atoms with Gasteiger partial charge in [-0.2, -0.15) is 0 Å². The molecule has 0 bridgehead atoms. The Kier molecular flexibility index (Phi) is 1.35. The molecule has 1 aromatic carbocycles. The topological polar surface area (TPSA) is 38.7 Å². The first-order valence-electron chi connectivity index (χ1n) is 3.37. The van der Waals surface area contributed by atoms with Crippen molar-refractivity contribution in [3.05, 3.63) is 18.2 Å². The van der Waals surface area contributed by atoms with Gasteiger partial charge < -0.3 is 14.6 Å². The summed E-state index contributed by atoms with van der Waals surface area (Å²) in [6, 6.07) is 5.82. The molecule has 0 unspecified atom stereocenters. The van der Waals surface area contributed by atoms with Crippen molar-refractivity contribution in [2.24, 2.45) is 0 Å². The number of ether oxygens (including phenoxy) is 2. The molecule has 57 valence electrons. The number of benzene rings is 1. The Morgan fingerprint density at radius 1 is 1.27 bits per heavy atom. The second-order valence-corrected chi connectivity index (χ2v) is 2.23. The molecule has 0 fully saturated rings. The fraction of sp³-hybridized carbons (Fsp3) is 0.250. The van der Waals surface area contributed by atoms with Crippen LogP contribution in [0.5, 0.6) is 17.2 Å². The zero-order valence-corrected chi connectivity index (χ0v) is 5.83. The standard InChI is InChI=1S/C8H7O3/c9-6-1-2-7-8(5-6)11-4-3-10-7/h1-2,9H,3-4H2. The van der Waals surface area contributed by atoms with E-state index in [2.05, 4.69) is 6.07 Å². The van der Waals surface area contributed by atoms with Crippen LogP contribution in [0.4, 0.5) is 0 Å². The summed E-state index contributed by atoms with van der Waals surface area (Å²) in [4.78, 5) is 0. The quantitative estimate of drug-likeness (QED) is 0.600. The van der Waals surface area contributed by atoms with Gasteiger partial charge in [0.1, 0.15) is 19.0 Å². The first-order valence-corrected chi connectivity index (χ1v) is 3.37. The highest BCUT2D eigenvalue weighted by atomic mass is 16.6. The fourth-order valence-corrected chi connectivity index (χ4v) is 0.966. The van der Waals surface area contributed by atoms with E-state index in [9.17, 15) is 0 Å². The van der Waals surface area contributed by atoms with Gasteiger partial charge in [0.15, 0.2) is 11.5 Å². The van der Waals surface area contributed by atoms with Gasteiger partial charge in [-0.15, -0.1) is 0 Å². The molecular formula is C8H7O3. The Morgan fingerprint density at radius 2 is 2.09 bits per heavy atom. The van der Waals surface area contributed by atoms with Crippen LogP contribution in [0.25, 0.3) is 0 Å². The zero-order valence-electron chi connectivity index (χ0n) is 5.83. The Balaban J connectivity index is 2.43. The molecular weight excluding hydrogens is 144 g/mol. The summed E-state index contributed by atoms with van der Waals surface area (Å²) >= 11 is 0. The van der Waals surface area contributed by atoms with E-state index >= 15 is 0 Å². The average Bonchev–Trinajstić information content (AvgIpc) is 2.04. The molecule has 1 radical (unpaired) electrons. The SMILES string of the molecule is Oc1[c]c2c(cc1)OCCO2. The third-order valence-corrected chi connectivity index (χ3v) is 1.45. The molecule has 0 saturated heterocycles. The first kappa shape index (κ1) is 6.34. The number of aromatic hydroxyl groups is 1. The van der Waals surface area contributed by atoms with Gasteiger partial charge in [-0.1, -0.05) is 0 Å². The highest BCUT2D eigenvalue weighted by Crippen LogP contribution is 2.31. The van der Waals surface area contributed by atoms with E-state index in [4.69, 9.17) is 14.6 Å². The molecule has 1 aromatic rings. The molecule has 1 N–H and O–H groups in total. The first-order chi connectivity index (χ1) is 5.36. The lowest BCUT2D eigenvalue weighted by atomic mass is 10.3. The second kappa shape index (κ2) is 2.34. The molecule has 0 spiro atoms. The monoisotopic (exact) mass is 151 g/mol. The summed E-state index contributed by atoms with van der Waals surface area (Å²) in [5.41, 5.74) is 0. The number of hydrogen-bond acceptors (Lipinski definition) is 3. The smallest absolute Gasteiger partial charge is 0.173 e. The average molecular weight is 151 g/mol. The van der Waals surface area contributed by atoms with E-state index < -0.39 is 0 Å². The molecule has 0 saturated carbocycles. The molecule has 1 aliphatic rings. The van der Waals surface area contributed by atoms with E-state index in [0.29, 0.717) is 24.7 Å². The predicted molar refractivity (Wildman–Crippen MR) is 37.9 cm³/mol. The van der Waals surface area contributed by atoms with Crippen molar-refractivity contribution in [1.29, 1.82) is 0 Å². The molecule has 3 nitrogen and oxygen atoms in total. The minimum absolute atomic E-state index is 0.0780. The Hall–Kier alpha value is -1.38. The van der Waals surface area contributed by atoms with Gasteiger partial charge in [0.05, 0.1) is 6.07 Å². The van der Waals surface area contributed by atoms with E-state index in [1.165, 1.54) is 6.07 Å². The van der Waals surface area contributed by atoms with Crippen molar-refractivity contribution in [2.75, 3.05) is 13.2 Å². The molecule has 1 heterocycles. The lowest BCUT2D eigenvalue weighted by Gasteiger charge is -2.17. The van der Waals surface area contributed by atoms with Crippen LogP contribution in [0, 0.1) is 6.07 Å². The van der Waals surface area contributed by atoms with Gasteiger partial charge in [0, 0.05) is 0 Å². The normalized spacial score (nSPS) is 14.5. The summed E-state index contributed by atoms with van der Waals surface area (Å²) in [7, 11) is 0. The number of phenolic OH excluding ortho intramolecular Hbond substituents is 1. The van der Waals surface area contributed by atoms with Crippen molar-refractivity contribution in [2.45, 2.75) is 0 Å². The molecule has 2 rings (SSSR count). The van der Waals surface area contributed by atoms with Gasteiger partial charge in [-0.05, 0) is 12.1 Å². The molecule has 0 amide bonds. The molecule has 0 aliphatic carbocycles. The number of phenols is 1. The Bertz CT molecular complexity index is 270. The van der Waals surface area contributed by atoms with Crippen LogP contribution in [0.2, 0.25) is 0 Å². The Morgan fingerprint density at radius 3 is 3.00 bits per heavy atom. The maximum atomic E-state index is 9.00. The minimum atomic E-state index is 0.0780. The van der Waals surface area contributed by atoms with Gasteiger partial charge in [-0.25, -0.2) is 0 Å². The van der Waals surface area contributed by atoms with Crippen LogP contribution in [-0.2, 0) is 0 Å². The summed E-state index contributed by atoms with van der Waals surface area (Å²) in [6.45, 7) is 1.08. The molecule has 11 heavy (non-hydrogen) atoms. The molecule has 3 heteroatoms. The lowest BCUT2D eigenvalue weighted by Crippen LogP contribution is -2.15.